The molecule has 0 spiro atoms. The van der Waals surface area contributed by atoms with E-state index in [1.165, 1.54) is 0 Å². The van der Waals surface area contributed by atoms with Crippen molar-refractivity contribution in [3.05, 3.63) is 41.6 Å². The molecule has 0 saturated carbocycles. The zero-order valence-electron chi connectivity index (χ0n) is 10.1. The van der Waals surface area contributed by atoms with Crippen LogP contribution in [-0.2, 0) is 6.54 Å². The van der Waals surface area contributed by atoms with Crippen LogP contribution in [0.1, 0.15) is 29.3 Å². The Bertz CT molecular complexity index is 590. The maximum absolute atomic E-state index is 11.0. The number of carbonyl (C=O) groups excluding carboxylic acids is 1. The van der Waals surface area contributed by atoms with Gasteiger partial charge in [0.2, 0.25) is 0 Å². The molecule has 2 rings (SSSR count). The predicted molar refractivity (Wildman–Crippen MR) is 68.1 cm³/mol. The first-order valence-corrected chi connectivity index (χ1v) is 5.81. The first-order valence-electron chi connectivity index (χ1n) is 5.81. The van der Waals surface area contributed by atoms with Crippen molar-refractivity contribution in [2.45, 2.75) is 19.9 Å². The molecular weight excluding hydrogens is 226 g/mol. The van der Waals surface area contributed by atoms with E-state index in [4.69, 9.17) is 5.26 Å². The molecule has 0 aliphatic carbocycles. The highest BCUT2D eigenvalue weighted by Gasteiger charge is 2.10. The summed E-state index contributed by atoms with van der Waals surface area (Å²) >= 11 is 0. The summed E-state index contributed by atoms with van der Waals surface area (Å²) in [6, 6.07) is 9.13. The van der Waals surface area contributed by atoms with Crippen LogP contribution in [0.15, 0.2) is 30.5 Å². The molecule has 90 valence electrons. The number of aldehydes is 1. The average molecular weight is 239 g/mol. The lowest BCUT2D eigenvalue weighted by Crippen LogP contribution is -1.96. The Morgan fingerprint density at radius 2 is 2.11 bits per heavy atom. The average Bonchev–Trinajstić information content (AvgIpc) is 2.82. The van der Waals surface area contributed by atoms with Crippen LogP contribution < -0.4 is 0 Å². The molecule has 0 amide bonds. The molecular formula is C14H13N3O. The Labute approximate surface area is 105 Å². The Morgan fingerprint density at radius 1 is 1.39 bits per heavy atom. The van der Waals surface area contributed by atoms with Crippen LogP contribution in [0.25, 0.3) is 11.3 Å². The van der Waals surface area contributed by atoms with Crippen LogP contribution in [0, 0.1) is 11.3 Å². The minimum Gasteiger partial charge on any atom is -0.298 e. The van der Waals surface area contributed by atoms with Gasteiger partial charge in [0, 0.05) is 18.3 Å². The van der Waals surface area contributed by atoms with E-state index in [-0.39, 0.29) is 0 Å². The second-order valence-corrected chi connectivity index (χ2v) is 4.00. The van der Waals surface area contributed by atoms with Gasteiger partial charge in [-0.1, -0.05) is 19.1 Å². The molecule has 0 fully saturated rings. The predicted octanol–water partition coefficient (Wildman–Crippen LogP) is 2.64. The van der Waals surface area contributed by atoms with E-state index < -0.39 is 0 Å². The van der Waals surface area contributed by atoms with Crippen LogP contribution in [0.2, 0.25) is 0 Å². The van der Waals surface area contributed by atoms with E-state index >= 15 is 0 Å². The van der Waals surface area contributed by atoms with Gasteiger partial charge in [0.25, 0.3) is 0 Å². The van der Waals surface area contributed by atoms with E-state index in [9.17, 15) is 4.79 Å². The van der Waals surface area contributed by atoms with Crippen LogP contribution >= 0.6 is 0 Å². The summed E-state index contributed by atoms with van der Waals surface area (Å²) in [6.07, 6.45) is 3.53. The largest absolute Gasteiger partial charge is 0.298 e. The Kier molecular flexibility index (Phi) is 3.54. The summed E-state index contributed by atoms with van der Waals surface area (Å²) < 4.78 is 1.78. The first-order chi connectivity index (χ1) is 8.78. The van der Waals surface area contributed by atoms with Crippen molar-refractivity contribution < 1.29 is 4.79 Å². The zero-order valence-corrected chi connectivity index (χ0v) is 10.1. The molecule has 0 unspecified atom stereocenters. The molecule has 0 radical (unpaired) electrons. The fourth-order valence-corrected chi connectivity index (χ4v) is 1.79. The van der Waals surface area contributed by atoms with Gasteiger partial charge < -0.3 is 0 Å². The second-order valence-electron chi connectivity index (χ2n) is 4.00. The van der Waals surface area contributed by atoms with Crippen molar-refractivity contribution in [1.29, 1.82) is 5.26 Å². The lowest BCUT2D eigenvalue weighted by Gasteiger charge is -1.98. The molecule has 0 aliphatic rings. The summed E-state index contributed by atoms with van der Waals surface area (Å²) in [5, 5.41) is 13.1. The van der Waals surface area contributed by atoms with Gasteiger partial charge in [-0.2, -0.15) is 10.4 Å². The lowest BCUT2D eigenvalue weighted by atomic mass is 10.1. The second kappa shape index (κ2) is 5.28. The monoisotopic (exact) mass is 239 g/mol. The van der Waals surface area contributed by atoms with E-state index in [1.54, 1.807) is 23.0 Å². The molecule has 0 aliphatic heterocycles. The van der Waals surface area contributed by atoms with Crippen molar-refractivity contribution in [3.8, 4) is 17.3 Å². The van der Waals surface area contributed by atoms with Gasteiger partial charge in [-0.15, -0.1) is 0 Å². The maximum atomic E-state index is 11.0. The SMILES string of the molecule is CCCn1cc(C=O)c(-c2ccc(C#N)cc2)n1. The van der Waals surface area contributed by atoms with Crippen molar-refractivity contribution >= 4 is 6.29 Å². The van der Waals surface area contributed by atoms with Crippen LogP contribution in [0.3, 0.4) is 0 Å². The third-order valence-electron chi connectivity index (χ3n) is 2.66. The minimum atomic E-state index is 0.577. The van der Waals surface area contributed by atoms with E-state index in [0.29, 0.717) is 16.8 Å². The minimum absolute atomic E-state index is 0.577. The molecule has 1 aromatic heterocycles. The molecule has 18 heavy (non-hydrogen) atoms. The van der Waals surface area contributed by atoms with Crippen LogP contribution in [-0.4, -0.2) is 16.1 Å². The number of benzene rings is 1. The van der Waals surface area contributed by atoms with Crippen molar-refractivity contribution in [1.82, 2.24) is 9.78 Å². The van der Waals surface area contributed by atoms with Crippen LogP contribution in [0.5, 0.6) is 0 Å². The number of hydrogen-bond acceptors (Lipinski definition) is 3. The number of aryl methyl sites for hydroxylation is 1. The smallest absolute Gasteiger partial charge is 0.153 e. The maximum Gasteiger partial charge on any atom is 0.153 e. The summed E-state index contributed by atoms with van der Waals surface area (Å²) in [4.78, 5) is 11.0. The van der Waals surface area contributed by atoms with Gasteiger partial charge in [0.05, 0.1) is 17.2 Å². The van der Waals surface area contributed by atoms with Gasteiger partial charge in [0.1, 0.15) is 5.69 Å². The standard InChI is InChI=1S/C14H13N3O/c1-2-7-17-9-13(10-18)14(16-17)12-5-3-11(8-15)4-6-12/h3-6,9-10H,2,7H2,1H3. The molecule has 4 nitrogen and oxygen atoms in total. The molecule has 0 atom stereocenters. The molecule has 2 aromatic rings. The highest BCUT2D eigenvalue weighted by Crippen LogP contribution is 2.21. The molecule has 1 aromatic carbocycles. The number of hydrogen-bond donors (Lipinski definition) is 0. The highest BCUT2D eigenvalue weighted by molar-refractivity contribution is 5.85. The Balaban J connectivity index is 2.42. The van der Waals surface area contributed by atoms with Crippen LogP contribution in [0.4, 0.5) is 0 Å². The topological polar surface area (TPSA) is 58.7 Å². The van der Waals surface area contributed by atoms with E-state index in [0.717, 1.165) is 24.8 Å². The lowest BCUT2D eigenvalue weighted by molar-refractivity contribution is 0.112. The molecule has 4 heteroatoms. The normalized spacial score (nSPS) is 10.0. The molecule has 0 saturated heterocycles. The van der Waals surface area contributed by atoms with E-state index in [2.05, 4.69) is 18.1 Å². The number of nitriles is 1. The van der Waals surface area contributed by atoms with Crippen molar-refractivity contribution in [2.24, 2.45) is 0 Å². The Hall–Kier alpha value is -2.41. The molecule has 0 N–H and O–H groups in total. The number of aromatic nitrogens is 2. The summed E-state index contributed by atoms with van der Waals surface area (Å²) in [6.45, 7) is 2.85. The number of nitrogens with zero attached hydrogens (tertiary/aromatic N) is 3. The summed E-state index contributed by atoms with van der Waals surface area (Å²) in [5.41, 5.74) is 2.70. The molecule has 1 heterocycles. The van der Waals surface area contributed by atoms with Gasteiger partial charge in [0.15, 0.2) is 6.29 Å². The zero-order chi connectivity index (χ0) is 13.0. The van der Waals surface area contributed by atoms with Gasteiger partial charge >= 0.3 is 0 Å². The first kappa shape index (κ1) is 12.1. The van der Waals surface area contributed by atoms with Gasteiger partial charge in [-0.05, 0) is 18.6 Å². The summed E-state index contributed by atoms with van der Waals surface area (Å²) in [7, 11) is 0. The molecule has 0 bridgehead atoms. The van der Waals surface area contributed by atoms with E-state index in [1.807, 2.05) is 12.1 Å². The third-order valence-corrected chi connectivity index (χ3v) is 2.66. The number of carbonyl (C=O) groups is 1. The van der Waals surface area contributed by atoms with Crippen molar-refractivity contribution in [3.63, 3.8) is 0 Å². The highest BCUT2D eigenvalue weighted by atomic mass is 16.1. The van der Waals surface area contributed by atoms with Gasteiger partial charge in [-0.25, -0.2) is 0 Å². The quantitative estimate of drug-likeness (QED) is 0.770. The fourth-order valence-electron chi connectivity index (χ4n) is 1.79. The third kappa shape index (κ3) is 2.30. The number of rotatable bonds is 4. The van der Waals surface area contributed by atoms with Crippen molar-refractivity contribution in [2.75, 3.05) is 0 Å². The summed E-state index contributed by atoms with van der Waals surface area (Å²) in [5.74, 6) is 0. The Morgan fingerprint density at radius 3 is 2.67 bits per heavy atom. The fraction of sp³-hybridized carbons (Fsp3) is 0.214. The van der Waals surface area contributed by atoms with Gasteiger partial charge in [-0.3, -0.25) is 9.48 Å².